The second-order valence-corrected chi connectivity index (χ2v) is 4.71. The number of benzene rings is 1. The average molecular weight is 218 g/mol. The molecule has 1 aliphatic rings. The monoisotopic (exact) mass is 218 g/mol. The Labute approximate surface area is 94.4 Å². The molecule has 0 bridgehead atoms. The Balaban J connectivity index is 2.17. The highest BCUT2D eigenvalue weighted by Crippen LogP contribution is 2.34. The molecule has 16 heavy (non-hydrogen) atoms. The number of cyclic esters (lactones) is 1. The smallest absolute Gasteiger partial charge is 0.312 e. The molecule has 1 heterocycles. The molecule has 1 saturated heterocycles. The van der Waals surface area contributed by atoms with Crippen molar-refractivity contribution in [2.45, 2.75) is 26.4 Å². The molecule has 0 aliphatic carbocycles. The molecule has 1 aromatic carbocycles. The predicted octanol–water partition coefficient (Wildman–Crippen LogP) is 2.21. The molecule has 2 rings (SSSR count). The summed E-state index contributed by atoms with van der Waals surface area (Å²) < 4.78 is 5.10. The van der Waals surface area contributed by atoms with Crippen LogP contribution < -0.4 is 0 Å². The van der Waals surface area contributed by atoms with E-state index in [9.17, 15) is 9.59 Å². The zero-order valence-corrected chi connectivity index (χ0v) is 9.40. The van der Waals surface area contributed by atoms with Crippen molar-refractivity contribution >= 4 is 11.8 Å². The number of carbonyl (C=O) groups excluding carboxylic acids is 2. The first-order valence-corrected chi connectivity index (χ1v) is 5.31. The minimum absolute atomic E-state index is 0.112. The highest BCUT2D eigenvalue weighted by Gasteiger charge is 2.44. The Morgan fingerprint density at radius 3 is 2.44 bits per heavy atom. The van der Waals surface area contributed by atoms with E-state index in [4.69, 9.17) is 4.74 Å². The SMILES string of the molecule is CC1(C)CC(C(=O)c2ccccc2)OC1=O. The summed E-state index contributed by atoms with van der Waals surface area (Å²) in [5, 5.41) is 0. The lowest BCUT2D eigenvalue weighted by Crippen LogP contribution is -2.20. The molecule has 0 aromatic heterocycles. The van der Waals surface area contributed by atoms with Crippen LogP contribution in [0.25, 0.3) is 0 Å². The Kier molecular flexibility index (Phi) is 2.54. The van der Waals surface area contributed by atoms with Gasteiger partial charge >= 0.3 is 5.97 Å². The maximum Gasteiger partial charge on any atom is 0.312 e. The van der Waals surface area contributed by atoms with Gasteiger partial charge in [0.2, 0.25) is 5.78 Å². The van der Waals surface area contributed by atoms with Crippen LogP contribution in [-0.2, 0) is 9.53 Å². The first-order valence-electron chi connectivity index (χ1n) is 5.31. The largest absolute Gasteiger partial charge is 0.454 e. The molecule has 1 aromatic rings. The van der Waals surface area contributed by atoms with Gasteiger partial charge in [-0.1, -0.05) is 30.3 Å². The summed E-state index contributed by atoms with van der Waals surface area (Å²) in [5.41, 5.74) is 0.0488. The summed E-state index contributed by atoms with van der Waals surface area (Å²) in [6.07, 6.45) is -0.163. The van der Waals surface area contributed by atoms with E-state index in [2.05, 4.69) is 0 Å². The molecular weight excluding hydrogens is 204 g/mol. The molecule has 1 aliphatic heterocycles. The van der Waals surface area contributed by atoms with Gasteiger partial charge in [0.15, 0.2) is 6.10 Å². The molecular formula is C13H14O3. The van der Waals surface area contributed by atoms with Crippen molar-refractivity contribution in [1.82, 2.24) is 0 Å². The van der Waals surface area contributed by atoms with Crippen molar-refractivity contribution < 1.29 is 14.3 Å². The summed E-state index contributed by atoms with van der Waals surface area (Å²) in [4.78, 5) is 23.5. The summed E-state index contributed by atoms with van der Waals surface area (Å²) in [6, 6.07) is 8.93. The third-order valence-electron chi connectivity index (χ3n) is 2.85. The van der Waals surface area contributed by atoms with Gasteiger partial charge in [0.25, 0.3) is 0 Å². The highest BCUT2D eigenvalue weighted by atomic mass is 16.6. The minimum atomic E-state index is -0.620. The van der Waals surface area contributed by atoms with Crippen LogP contribution in [0.3, 0.4) is 0 Å². The van der Waals surface area contributed by atoms with Crippen LogP contribution in [-0.4, -0.2) is 17.9 Å². The number of Topliss-reactive ketones (excluding diaryl/α,β-unsaturated/α-hetero) is 1. The molecule has 84 valence electrons. The van der Waals surface area contributed by atoms with Crippen molar-refractivity contribution in [1.29, 1.82) is 0 Å². The third-order valence-corrected chi connectivity index (χ3v) is 2.85. The average Bonchev–Trinajstić information content (AvgIpc) is 2.54. The summed E-state index contributed by atoms with van der Waals surface area (Å²) in [5.74, 6) is -0.402. The number of ether oxygens (including phenoxy) is 1. The van der Waals surface area contributed by atoms with E-state index in [0.717, 1.165) is 0 Å². The summed E-state index contributed by atoms with van der Waals surface area (Å²) >= 11 is 0. The maximum atomic E-state index is 12.0. The lowest BCUT2D eigenvalue weighted by atomic mass is 9.88. The van der Waals surface area contributed by atoms with E-state index in [1.54, 1.807) is 38.1 Å². The van der Waals surface area contributed by atoms with Crippen LogP contribution in [0.5, 0.6) is 0 Å². The molecule has 0 saturated carbocycles. The number of hydrogen-bond acceptors (Lipinski definition) is 3. The first kappa shape index (κ1) is 10.9. The van der Waals surface area contributed by atoms with Crippen molar-refractivity contribution in [3.63, 3.8) is 0 Å². The van der Waals surface area contributed by atoms with Gasteiger partial charge in [-0.25, -0.2) is 0 Å². The van der Waals surface area contributed by atoms with Gasteiger partial charge in [-0.05, 0) is 13.8 Å². The van der Waals surface area contributed by atoms with Crippen LogP contribution in [0, 0.1) is 5.41 Å². The van der Waals surface area contributed by atoms with E-state index < -0.39 is 11.5 Å². The molecule has 0 spiro atoms. The Morgan fingerprint density at radius 2 is 1.94 bits per heavy atom. The summed E-state index contributed by atoms with van der Waals surface area (Å²) in [7, 11) is 0. The zero-order valence-electron chi connectivity index (χ0n) is 9.40. The van der Waals surface area contributed by atoms with Gasteiger partial charge in [0.05, 0.1) is 5.41 Å². The first-order chi connectivity index (χ1) is 7.50. The molecule has 0 radical (unpaired) electrons. The van der Waals surface area contributed by atoms with Crippen molar-refractivity contribution in [3.05, 3.63) is 35.9 Å². The van der Waals surface area contributed by atoms with Gasteiger partial charge in [-0.3, -0.25) is 9.59 Å². The predicted molar refractivity (Wildman–Crippen MR) is 59.1 cm³/mol. The van der Waals surface area contributed by atoms with E-state index in [1.807, 2.05) is 6.07 Å². The maximum absolute atomic E-state index is 12.0. The van der Waals surface area contributed by atoms with Crippen LogP contribution in [0.4, 0.5) is 0 Å². The lowest BCUT2D eigenvalue weighted by molar-refractivity contribution is -0.146. The van der Waals surface area contributed by atoms with Gasteiger partial charge in [-0.15, -0.1) is 0 Å². The van der Waals surface area contributed by atoms with E-state index in [-0.39, 0.29) is 11.8 Å². The second kappa shape index (κ2) is 3.74. The molecule has 0 N–H and O–H groups in total. The fourth-order valence-corrected chi connectivity index (χ4v) is 1.81. The molecule has 0 amide bonds. The molecule has 1 unspecified atom stereocenters. The normalized spacial score (nSPS) is 22.9. The van der Waals surface area contributed by atoms with Crippen molar-refractivity contribution in [2.24, 2.45) is 5.41 Å². The third kappa shape index (κ3) is 1.85. The van der Waals surface area contributed by atoms with Gasteiger partial charge < -0.3 is 4.74 Å². The van der Waals surface area contributed by atoms with E-state index >= 15 is 0 Å². The fraction of sp³-hybridized carbons (Fsp3) is 0.385. The van der Waals surface area contributed by atoms with E-state index in [1.165, 1.54) is 0 Å². The van der Waals surface area contributed by atoms with Gasteiger partial charge in [0, 0.05) is 12.0 Å². The highest BCUT2D eigenvalue weighted by molar-refractivity contribution is 6.02. The number of ketones is 1. The second-order valence-electron chi connectivity index (χ2n) is 4.71. The number of hydrogen-bond donors (Lipinski definition) is 0. The molecule has 1 atom stereocenters. The Bertz CT molecular complexity index is 420. The molecule has 3 heteroatoms. The molecule has 3 nitrogen and oxygen atoms in total. The van der Waals surface area contributed by atoms with Crippen LogP contribution in [0.15, 0.2) is 30.3 Å². The summed E-state index contributed by atoms with van der Waals surface area (Å²) in [6.45, 7) is 3.60. The topological polar surface area (TPSA) is 43.4 Å². The Hall–Kier alpha value is -1.64. The standard InChI is InChI=1S/C13H14O3/c1-13(2)8-10(16-12(13)15)11(14)9-6-4-3-5-7-9/h3-7,10H,8H2,1-2H3. The number of esters is 1. The van der Waals surface area contributed by atoms with Gasteiger partial charge in [0.1, 0.15) is 0 Å². The van der Waals surface area contributed by atoms with Gasteiger partial charge in [-0.2, -0.15) is 0 Å². The minimum Gasteiger partial charge on any atom is -0.454 e. The number of carbonyl (C=O) groups is 2. The zero-order chi connectivity index (χ0) is 11.8. The van der Waals surface area contributed by atoms with Crippen molar-refractivity contribution in [2.75, 3.05) is 0 Å². The fourth-order valence-electron chi connectivity index (χ4n) is 1.81. The van der Waals surface area contributed by atoms with Crippen LogP contribution in [0.2, 0.25) is 0 Å². The van der Waals surface area contributed by atoms with Crippen LogP contribution in [0.1, 0.15) is 30.6 Å². The van der Waals surface area contributed by atoms with E-state index in [0.29, 0.717) is 12.0 Å². The quantitative estimate of drug-likeness (QED) is 0.564. The lowest BCUT2D eigenvalue weighted by Gasteiger charge is -2.09. The Morgan fingerprint density at radius 1 is 1.31 bits per heavy atom. The van der Waals surface area contributed by atoms with Crippen LogP contribution >= 0.6 is 0 Å². The molecule has 1 fully saturated rings. The number of rotatable bonds is 2. The van der Waals surface area contributed by atoms with Crippen molar-refractivity contribution in [3.8, 4) is 0 Å².